The molecule has 0 spiro atoms. The van der Waals surface area contributed by atoms with Gasteiger partial charge in [0, 0.05) is 16.5 Å². The van der Waals surface area contributed by atoms with Crippen molar-refractivity contribution in [2.75, 3.05) is 0 Å². The maximum absolute atomic E-state index is 6.02. The molecule has 2 aromatic heterocycles. The van der Waals surface area contributed by atoms with Crippen molar-refractivity contribution in [2.24, 2.45) is 0 Å². The molecule has 0 saturated heterocycles. The molecule has 0 aliphatic rings. The zero-order valence-corrected chi connectivity index (χ0v) is 9.51. The van der Waals surface area contributed by atoms with E-state index in [1.54, 1.807) is 11.3 Å². The summed E-state index contributed by atoms with van der Waals surface area (Å²) in [5.74, 6) is 0. The average molecular weight is 214 g/mol. The number of aromatic amines is 1. The van der Waals surface area contributed by atoms with E-state index < -0.39 is 0 Å². The Hall–Kier alpha value is -0.470. The Morgan fingerprint density at radius 3 is 2.62 bits per heavy atom. The summed E-state index contributed by atoms with van der Waals surface area (Å²) in [5.41, 5.74) is 2.50. The highest BCUT2D eigenvalue weighted by molar-refractivity contribution is 7.17. The van der Waals surface area contributed by atoms with Crippen LogP contribution in [0.5, 0.6) is 0 Å². The Morgan fingerprint density at radius 1 is 1.38 bits per heavy atom. The number of aromatic nitrogens is 1. The average Bonchev–Trinajstić information content (AvgIpc) is 2.51. The fourth-order valence-corrected chi connectivity index (χ4v) is 2.44. The summed E-state index contributed by atoms with van der Waals surface area (Å²) in [5, 5.41) is 2.80. The van der Waals surface area contributed by atoms with E-state index in [0.29, 0.717) is 0 Å². The second kappa shape index (κ2) is 2.76. The number of rotatable bonds is 0. The molecule has 0 aliphatic carbocycles. The van der Waals surface area contributed by atoms with Gasteiger partial charge in [0.15, 0.2) is 0 Å². The SMILES string of the molecule is CC(C)(C)c1cc2scc(Cl)c2[nH]1. The van der Waals surface area contributed by atoms with Crippen molar-refractivity contribution < 1.29 is 0 Å². The van der Waals surface area contributed by atoms with Gasteiger partial charge in [-0.25, -0.2) is 0 Å². The molecule has 2 rings (SSSR count). The Labute approximate surface area is 86.7 Å². The summed E-state index contributed by atoms with van der Waals surface area (Å²) in [7, 11) is 0. The van der Waals surface area contributed by atoms with Crippen LogP contribution >= 0.6 is 22.9 Å². The number of nitrogens with one attached hydrogen (secondary N) is 1. The number of fused-ring (bicyclic) bond motifs is 1. The molecule has 3 heteroatoms. The molecule has 0 radical (unpaired) electrons. The number of hydrogen-bond acceptors (Lipinski definition) is 1. The zero-order valence-electron chi connectivity index (χ0n) is 7.94. The van der Waals surface area contributed by atoms with E-state index in [1.165, 1.54) is 10.4 Å². The largest absolute Gasteiger partial charge is 0.356 e. The monoisotopic (exact) mass is 213 g/mol. The van der Waals surface area contributed by atoms with Crippen molar-refractivity contribution in [3.8, 4) is 0 Å². The van der Waals surface area contributed by atoms with E-state index in [-0.39, 0.29) is 5.41 Å². The first-order chi connectivity index (χ1) is 5.98. The molecule has 2 aromatic rings. The third kappa shape index (κ3) is 1.49. The van der Waals surface area contributed by atoms with Crippen molar-refractivity contribution in [1.82, 2.24) is 4.98 Å². The van der Waals surface area contributed by atoms with Gasteiger partial charge in [0.25, 0.3) is 0 Å². The van der Waals surface area contributed by atoms with E-state index >= 15 is 0 Å². The third-order valence-corrected chi connectivity index (χ3v) is 3.47. The molecule has 0 bridgehead atoms. The zero-order chi connectivity index (χ0) is 9.64. The Morgan fingerprint density at radius 2 is 2.08 bits per heavy atom. The van der Waals surface area contributed by atoms with E-state index in [9.17, 15) is 0 Å². The summed E-state index contributed by atoms with van der Waals surface area (Å²) in [6.45, 7) is 6.57. The minimum Gasteiger partial charge on any atom is -0.356 e. The van der Waals surface area contributed by atoms with Gasteiger partial charge in [-0.2, -0.15) is 0 Å². The molecule has 0 unspecified atom stereocenters. The lowest BCUT2D eigenvalue weighted by Gasteiger charge is -2.15. The second-order valence-corrected chi connectivity index (χ2v) is 5.57. The third-order valence-electron chi connectivity index (χ3n) is 2.12. The van der Waals surface area contributed by atoms with Gasteiger partial charge in [0.05, 0.1) is 15.2 Å². The molecule has 1 nitrogen and oxygen atoms in total. The summed E-state index contributed by atoms with van der Waals surface area (Å²) < 4.78 is 1.25. The Balaban J connectivity index is 2.63. The highest BCUT2D eigenvalue weighted by Gasteiger charge is 2.17. The van der Waals surface area contributed by atoms with Crippen molar-refractivity contribution in [3.63, 3.8) is 0 Å². The minimum absolute atomic E-state index is 0.169. The van der Waals surface area contributed by atoms with Crippen molar-refractivity contribution >= 4 is 33.2 Å². The van der Waals surface area contributed by atoms with Crippen LogP contribution < -0.4 is 0 Å². The van der Waals surface area contributed by atoms with Crippen LogP contribution in [0.3, 0.4) is 0 Å². The molecular formula is C10H12ClNS. The molecule has 0 amide bonds. The smallest absolute Gasteiger partial charge is 0.0755 e. The summed E-state index contributed by atoms with van der Waals surface area (Å²) >= 11 is 7.70. The predicted octanol–water partition coefficient (Wildman–Crippen LogP) is 4.18. The maximum Gasteiger partial charge on any atom is 0.0755 e. The van der Waals surface area contributed by atoms with E-state index in [1.807, 2.05) is 5.38 Å². The lowest BCUT2D eigenvalue weighted by Crippen LogP contribution is -2.10. The topological polar surface area (TPSA) is 15.8 Å². The summed E-state index contributed by atoms with van der Waals surface area (Å²) in [6, 6.07) is 2.19. The Kier molecular flexibility index (Phi) is 1.93. The van der Waals surface area contributed by atoms with E-state index in [2.05, 4.69) is 31.8 Å². The number of hydrogen-bond donors (Lipinski definition) is 1. The fraction of sp³-hybridized carbons (Fsp3) is 0.400. The van der Waals surface area contributed by atoms with Crippen LogP contribution in [0.15, 0.2) is 11.4 Å². The summed E-state index contributed by atoms with van der Waals surface area (Å²) in [6.07, 6.45) is 0. The molecule has 0 aliphatic heterocycles. The quantitative estimate of drug-likeness (QED) is 0.676. The molecule has 70 valence electrons. The van der Waals surface area contributed by atoms with E-state index in [4.69, 9.17) is 11.6 Å². The standard InChI is InChI=1S/C10H12ClNS/c1-10(2,3)8-4-7-9(12-8)6(11)5-13-7/h4-5,12H,1-3H3. The predicted molar refractivity (Wildman–Crippen MR) is 59.9 cm³/mol. The maximum atomic E-state index is 6.02. The van der Waals surface area contributed by atoms with Crippen molar-refractivity contribution in [2.45, 2.75) is 26.2 Å². The fourth-order valence-electron chi connectivity index (χ4n) is 1.28. The van der Waals surface area contributed by atoms with Crippen LogP contribution in [-0.2, 0) is 5.41 Å². The molecule has 2 heterocycles. The van der Waals surface area contributed by atoms with Gasteiger partial charge < -0.3 is 4.98 Å². The van der Waals surface area contributed by atoms with Gasteiger partial charge in [-0.15, -0.1) is 11.3 Å². The number of H-pyrrole nitrogens is 1. The molecule has 1 N–H and O–H groups in total. The molecular weight excluding hydrogens is 202 g/mol. The van der Waals surface area contributed by atoms with Crippen LogP contribution in [0.2, 0.25) is 5.02 Å². The van der Waals surface area contributed by atoms with Gasteiger partial charge >= 0.3 is 0 Å². The molecule has 0 atom stereocenters. The first-order valence-corrected chi connectivity index (χ1v) is 5.50. The second-order valence-electron chi connectivity index (χ2n) is 4.26. The summed E-state index contributed by atoms with van der Waals surface area (Å²) in [4.78, 5) is 3.36. The first-order valence-electron chi connectivity index (χ1n) is 4.24. The van der Waals surface area contributed by atoms with Gasteiger partial charge in [0.2, 0.25) is 0 Å². The van der Waals surface area contributed by atoms with E-state index in [0.717, 1.165) is 10.5 Å². The Bertz CT molecular complexity index is 433. The minimum atomic E-state index is 0.169. The molecule has 0 saturated carbocycles. The molecule has 0 aromatic carbocycles. The normalized spacial score (nSPS) is 12.6. The number of halogens is 1. The van der Waals surface area contributed by atoms with Crippen LogP contribution in [0.1, 0.15) is 26.5 Å². The molecule has 0 fully saturated rings. The molecule has 13 heavy (non-hydrogen) atoms. The van der Waals surface area contributed by atoms with Gasteiger partial charge in [-0.05, 0) is 6.07 Å². The lowest BCUT2D eigenvalue weighted by atomic mass is 9.93. The lowest BCUT2D eigenvalue weighted by molar-refractivity contribution is 0.574. The van der Waals surface area contributed by atoms with Crippen LogP contribution in [0.25, 0.3) is 10.2 Å². The van der Waals surface area contributed by atoms with Crippen LogP contribution in [0.4, 0.5) is 0 Å². The van der Waals surface area contributed by atoms with Gasteiger partial charge in [-0.3, -0.25) is 0 Å². The van der Waals surface area contributed by atoms with Crippen LogP contribution in [0, 0.1) is 0 Å². The van der Waals surface area contributed by atoms with Gasteiger partial charge in [-0.1, -0.05) is 32.4 Å². The highest BCUT2D eigenvalue weighted by atomic mass is 35.5. The highest BCUT2D eigenvalue weighted by Crippen LogP contribution is 2.33. The van der Waals surface area contributed by atoms with Crippen LogP contribution in [-0.4, -0.2) is 4.98 Å². The van der Waals surface area contributed by atoms with Gasteiger partial charge in [0.1, 0.15) is 0 Å². The van der Waals surface area contributed by atoms with Crippen molar-refractivity contribution in [1.29, 1.82) is 0 Å². The first kappa shape index (κ1) is 9.10. The van der Waals surface area contributed by atoms with Crippen molar-refractivity contribution in [3.05, 3.63) is 22.2 Å². The number of thiophene rings is 1.